The highest BCUT2D eigenvalue weighted by Crippen LogP contribution is 2.17. The van der Waals surface area contributed by atoms with Crippen LogP contribution in [0.5, 0.6) is 0 Å². The van der Waals surface area contributed by atoms with Crippen LogP contribution in [-0.2, 0) is 6.54 Å². The molecule has 5 heteroatoms. The molecular formula is C15H14BrFN2O. The lowest BCUT2D eigenvalue weighted by Crippen LogP contribution is -2.31. The van der Waals surface area contributed by atoms with Gasteiger partial charge in [0.1, 0.15) is 5.82 Å². The van der Waals surface area contributed by atoms with Crippen LogP contribution in [0, 0.1) is 5.82 Å². The summed E-state index contributed by atoms with van der Waals surface area (Å²) in [7, 11) is 0. The molecule has 20 heavy (non-hydrogen) atoms. The van der Waals surface area contributed by atoms with Gasteiger partial charge in [-0.15, -0.1) is 0 Å². The minimum atomic E-state index is -0.524. The number of nitrogens with zero attached hydrogens (tertiary/aromatic N) is 2. The van der Waals surface area contributed by atoms with E-state index in [4.69, 9.17) is 0 Å². The van der Waals surface area contributed by atoms with Gasteiger partial charge >= 0.3 is 0 Å². The molecule has 2 rings (SSSR count). The van der Waals surface area contributed by atoms with Gasteiger partial charge in [0.05, 0.1) is 17.8 Å². The average molecular weight is 337 g/mol. The second-order valence-corrected chi connectivity index (χ2v) is 5.18. The highest BCUT2D eigenvalue weighted by atomic mass is 79.9. The summed E-state index contributed by atoms with van der Waals surface area (Å²) in [6.07, 6.45) is 1.67. The van der Waals surface area contributed by atoms with Gasteiger partial charge < -0.3 is 4.90 Å². The zero-order valence-electron chi connectivity index (χ0n) is 11.0. The predicted octanol–water partition coefficient (Wildman–Crippen LogP) is 3.65. The number of aromatic nitrogens is 1. The molecule has 0 radical (unpaired) electrons. The standard InChI is InChI=1S/C15H14BrFN2O/c1-2-19(10-12-5-3-4-8-18-12)15(20)13-7-6-11(16)9-14(13)17/h3-9H,2,10H2,1H3. The van der Waals surface area contributed by atoms with E-state index >= 15 is 0 Å². The van der Waals surface area contributed by atoms with Gasteiger partial charge in [-0.05, 0) is 37.3 Å². The molecule has 0 aliphatic heterocycles. The van der Waals surface area contributed by atoms with Gasteiger partial charge in [-0.2, -0.15) is 0 Å². The zero-order chi connectivity index (χ0) is 14.5. The summed E-state index contributed by atoms with van der Waals surface area (Å²) in [4.78, 5) is 18.1. The molecule has 0 unspecified atom stereocenters. The monoisotopic (exact) mass is 336 g/mol. The summed E-state index contributed by atoms with van der Waals surface area (Å²) in [5.74, 6) is -0.855. The summed E-state index contributed by atoms with van der Waals surface area (Å²) in [5.41, 5.74) is 0.853. The Morgan fingerprint density at radius 1 is 1.35 bits per heavy atom. The molecule has 1 heterocycles. The maximum Gasteiger partial charge on any atom is 0.257 e. The topological polar surface area (TPSA) is 33.2 Å². The van der Waals surface area contributed by atoms with E-state index in [0.717, 1.165) is 5.69 Å². The molecule has 3 nitrogen and oxygen atoms in total. The van der Waals surface area contributed by atoms with Crippen LogP contribution in [0.3, 0.4) is 0 Å². The number of amides is 1. The first-order valence-corrected chi connectivity index (χ1v) is 7.05. The number of rotatable bonds is 4. The van der Waals surface area contributed by atoms with E-state index < -0.39 is 5.82 Å². The third-order valence-corrected chi connectivity index (χ3v) is 3.40. The van der Waals surface area contributed by atoms with E-state index in [1.165, 1.54) is 12.1 Å². The molecule has 0 spiro atoms. The van der Waals surface area contributed by atoms with Gasteiger partial charge in [0.2, 0.25) is 0 Å². The van der Waals surface area contributed by atoms with Crippen LogP contribution in [0.1, 0.15) is 23.0 Å². The molecule has 0 saturated carbocycles. The van der Waals surface area contributed by atoms with E-state index in [1.807, 2.05) is 25.1 Å². The fourth-order valence-corrected chi connectivity index (χ4v) is 2.18. The van der Waals surface area contributed by atoms with Crippen molar-refractivity contribution in [1.82, 2.24) is 9.88 Å². The Hall–Kier alpha value is -1.75. The summed E-state index contributed by atoms with van der Waals surface area (Å²) in [6.45, 7) is 2.72. The normalized spacial score (nSPS) is 10.3. The van der Waals surface area contributed by atoms with Gasteiger partial charge in [-0.3, -0.25) is 9.78 Å². The van der Waals surface area contributed by atoms with E-state index in [2.05, 4.69) is 20.9 Å². The maximum atomic E-state index is 13.8. The smallest absolute Gasteiger partial charge is 0.257 e. The Morgan fingerprint density at radius 3 is 2.75 bits per heavy atom. The first-order valence-electron chi connectivity index (χ1n) is 6.26. The first-order chi connectivity index (χ1) is 9.61. The van der Waals surface area contributed by atoms with Crippen LogP contribution in [-0.4, -0.2) is 22.3 Å². The summed E-state index contributed by atoms with van der Waals surface area (Å²) in [6, 6.07) is 9.96. The third kappa shape index (κ3) is 3.42. The van der Waals surface area contributed by atoms with Gasteiger partial charge in [-0.1, -0.05) is 22.0 Å². The lowest BCUT2D eigenvalue weighted by molar-refractivity contribution is 0.0746. The second kappa shape index (κ2) is 6.61. The van der Waals surface area contributed by atoms with Crippen LogP contribution in [0.2, 0.25) is 0 Å². The summed E-state index contributed by atoms with van der Waals surface area (Å²) in [5, 5.41) is 0. The number of halogens is 2. The predicted molar refractivity (Wildman–Crippen MR) is 78.8 cm³/mol. The Bertz CT molecular complexity index is 604. The zero-order valence-corrected chi connectivity index (χ0v) is 12.6. The highest BCUT2D eigenvalue weighted by molar-refractivity contribution is 9.10. The van der Waals surface area contributed by atoms with Crippen LogP contribution in [0.25, 0.3) is 0 Å². The quantitative estimate of drug-likeness (QED) is 0.853. The lowest BCUT2D eigenvalue weighted by Gasteiger charge is -2.20. The molecule has 0 atom stereocenters. The number of carbonyl (C=O) groups excluding carboxylic acids is 1. The summed E-state index contributed by atoms with van der Waals surface area (Å²) >= 11 is 3.18. The molecule has 0 N–H and O–H groups in total. The average Bonchev–Trinajstić information content (AvgIpc) is 2.45. The largest absolute Gasteiger partial charge is 0.333 e. The Labute approximate surface area is 125 Å². The second-order valence-electron chi connectivity index (χ2n) is 4.26. The lowest BCUT2D eigenvalue weighted by atomic mass is 10.1. The van der Waals surface area contributed by atoms with Gasteiger partial charge in [-0.25, -0.2) is 4.39 Å². The fourth-order valence-electron chi connectivity index (χ4n) is 1.85. The van der Waals surface area contributed by atoms with Crippen LogP contribution in [0.15, 0.2) is 47.1 Å². The van der Waals surface area contributed by atoms with Crippen molar-refractivity contribution >= 4 is 21.8 Å². The van der Waals surface area contributed by atoms with Crippen molar-refractivity contribution in [3.05, 3.63) is 64.1 Å². The molecule has 1 aromatic heterocycles. The number of pyridine rings is 1. The van der Waals surface area contributed by atoms with Crippen molar-refractivity contribution in [2.24, 2.45) is 0 Å². The van der Waals surface area contributed by atoms with Crippen molar-refractivity contribution < 1.29 is 9.18 Å². The van der Waals surface area contributed by atoms with Gasteiger partial charge in [0.25, 0.3) is 5.91 Å². The molecule has 0 bridgehead atoms. The summed E-state index contributed by atoms with van der Waals surface area (Å²) < 4.78 is 14.5. The SMILES string of the molecule is CCN(Cc1ccccn1)C(=O)c1ccc(Br)cc1F. The van der Waals surface area contributed by atoms with Gasteiger partial charge in [0, 0.05) is 17.2 Å². The van der Waals surface area contributed by atoms with Crippen molar-refractivity contribution in [3.63, 3.8) is 0 Å². The van der Waals surface area contributed by atoms with E-state index in [9.17, 15) is 9.18 Å². The fraction of sp³-hybridized carbons (Fsp3) is 0.200. The molecule has 0 aliphatic rings. The van der Waals surface area contributed by atoms with Crippen molar-refractivity contribution in [2.75, 3.05) is 6.54 Å². The number of hydrogen-bond donors (Lipinski definition) is 0. The van der Waals surface area contributed by atoms with Gasteiger partial charge in [0.15, 0.2) is 0 Å². The van der Waals surface area contributed by atoms with Crippen molar-refractivity contribution in [3.8, 4) is 0 Å². The number of hydrogen-bond acceptors (Lipinski definition) is 2. The number of carbonyl (C=O) groups is 1. The van der Waals surface area contributed by atoms with E-state index in [1.54, 1.807) is 17.2 Å². The molecule has 0 saturated heterocycles. The molecule has 1 aromatic carbocycles. The molecular weight excluding hydrogens is 323 g/mol. The Morgan fingerprint density at radius 2 is 2.15 bits per heavy atom. The molecule has 2 aromatic rings. The third-order valence-electron chi connectivity index (χ3n) is 2.91. The Kier molecular flexibility index (Phi) is 4.84. The molecule has 0 aliphatic carbocycles. The van der Waals surface area contributed by atoms with Crippen LogP contribution < -0.4 is 0 Å². The molecule has 1 amide bonds. The highest BCUT2D eigenvalue weighted by Gasteiger charge is 2.18. The van der Waals surface area contributed by atoms with E-state index in [-0.39, 0.29) is 11.5 Å². The number of benzene rings is 1. The molecule has 0 fully saturated rings. The Balaban J connectivity index is 2.21. The van der Waals surface area contributed by atoms with Crippen LogP contribution in [0.4, 0.5) is 4.39 Å². The minimum Gasteiger partial charge on any atom is -0.333 e. The molecule has 104 valence electrons. The maximum absolute atomic E-state index is 13.8. The minimum absolute atomic E-state index is 0.0750. The van der Waals surface area contributed by atoms with Crippen molar-refractivity contribution in [2.45, 2.75) is 13.5 Å². The van der Waals surface area contributed by atoms with Crippen molar-refractivity contribution in [1.29, 1.82) is 0 Å². The van der Waals surface area contributed by atoms with Crippen LogP contribution >= 0.6 is 15.9 Å². The van der Waals surface area contributed by atoms with E-state index in [0.29, 0.717) is 17.6 Å². The first kappa shape index (κ1) is 14.7.